The first kappa shape index (κ1) is 18.4. The van der Waals surface area contributed by atoms with Crippen molar-refractivity contribution < 1.29 is 19.2 Å². The van der Waals surface area contributed by atoms with Crippen LogP contribution in [0.5, 0.6) is 5.75 Å². The molecule has 0 saturated heterocycles. The van der Waals surface area contributed by atoms with Gasteiger partial charge in [-0.1, -0.05) is 23.7 Å². The number of phenols is 1. The summed E-state index contributed by atoms with van der Waals surface area (Å²) in [7, 11) is 0. The van der Waals surface area contributed by atoms with Gasteiger partial charge < -0.3 is 20.6 Å². The molecular weight excluding hydrogens is 353 g/mol. The average Bonchev–Trinajstić information content (AvgIpc) is 3.14. The second-order valence-electron chi connectivity index (χ2n) is 6.15. The van der Waals surface area contributed by atoms with Gasteiger partial charge in [0.15, 0.2) is 11.7 Å². The first-order valence-electron chi connectivity index (χ1n) is 8.40. The lowest BCUT2D eigenvalue weighted by molar-refractivity contribution is 0.318. The van der Waals surface area contributed by atoms with Crippen molar-refractivity contribution in [3.05, 3.63) is 46.7 Å². The number of aryl methyl sites for hydroxylation is 3. The normalized spacial score (nSPS) is 11.9. The van der Waals surface area contributed by atoms with Gasteiger partial charge in [0.2, 0.25) is 0 Å². The number of aromatic hydroxyl groups is 1. The molecule has 2 aromatic heterocycles. The second kappa shape index (κ2) is 7.10. The van der Waals surface area contributed by atoms with Gasteiger partial charge in [-0.15, -0.1) is 0 Å². The van der Waals surface area contributed by atoms with Gasteiger partial charge in [0, 0.05) is 6.07 Å². The van der Waals surface area contributed by atoms with Gasteiger partial charge >= 0.3 is 0 Å². The highest BCUT2D eigenvalue weighted by Gasteiger charge is 2.28. The molecule has 27 heavy (non-hydrogen) atoms. The van der Waals surface area contributed by atoms with E-state index >= 15 is 0 Å². The summed E-state index contributed by atoms with van der Waals surface area (Å²) in [6, 6.07) is 3.77. The van der Waals surface area contributed by atoms with Gasteiger partial charge in [0.1, 0.15) is 17.2 Å². The molecule has 1 aromatic carbocycles. The molecule has 142 valence electrons. The number of phenolic OH excluding ortho intramolecular Hbond substituents is 1. The maximum atomic E-state index is 14.6. The Morgan fingerprint density at radius 3 is 2.67 bits per heavy atom. The highest BCUT2D eigenvalue weighted by molar-refractivity contribution is 6.04. The van der Waals surface area contributed by atoms with E-state index in [1.54, 1.807) is 13.8 Å². The van der Waals surface area contributed by atoms with Crippen LogP contribution in [0.3, 0.4) is 0 Å². The Kier molecular flexibility index (Phi) is 4.85. The van der Waals surface area contributed by atoms with E-state index in [1.165, 1.54) is 16.8 Å². The lowest BCUT2D eigenvalue weighted by Gasteiger charge is -2.10. The molecule has 3 rings (SSSR count). The van der Waals surface area contributed by atoms with Crippen LogP contribution in [0.15, 0.2) is 27.9 Å². The lowest BCUT2D eigenvalue weighted by Crippen LogP contribution is -2.16. The van der Waals surface area contributed by atoms with Crippen LogP contribution < -0.4 is 5.73 Å². The van der Waals surface area contributed by atoms with Crippen molar-refractivity contribution in [3.8, 4) is 22.7 Å². The molecule has 0 atom stereocenters. The molecule has 0 saturated carbocycles. The number of aromatic nitrogens is 3. The molecular formula is C18H20FN5O3. The van der Waals surface area contributed by atoms with Crippen LogP contribution in [-0.2, 0) is 6.42 Å². The number of oxime groups is 1. The summed E-state index contributed by atoms with van der Waals surface area (Å²) in [4.78, 5) is 0. The minimum atomic E-state index is -0.667. The Hall–Kier alpha value is -3.36. The first-order valence-corrected chi connectivity index (χ1v) is 8.40. The number of halogens is 1. The largest absolute Gasteiger partial charge is 0.508 e. The molecule has 0 radical (unpaired) electrons. The monoisotopic (exact) mass is 373 g/mol. The predicted molar refractivity (Wildman–Crippen MR) is 96.7 cm³/mol. The van der Waals surface area contributed by atoms with E-state index < -0.39 is 5.82 Å². The zero-order valence-corrected chi connectivity index (χ0v) is 15.2. The molecule has 2 heterocycles. The van der Waals surface area contributed by atoms with E-state index in [0.29, 0.717) is 40.4 Å². The van der Waals surface area contributed by atoms with Crippen LogP contribution in [0.1, 0.15) is 36.1 Å². The molecule has 0 aliphatic rings. The molecule has 9 heteroatoms. The van der Waals surface area contributed by atoms with Crippen molar-refractivity contribution in [2.24, 2.45) is 10.9 Å². The molecule has 0 spiro atoms. The average molecular weight is 373 g/mol. The molecule has 0 aliphatic carbocycles. The summed E-state index contributed by atoms with van der Waals surface area (Å²) in [5.74, 6) is -0.519. The van der Waals surface area contributed by atoms with Crippen molar-refractivity contribution in [3.63, 3.8) is 0 Å². The highest BCUT2D eigenvalue weighted by Crippen LogP contribution is 2.35. The molecule has 0 fully saturated rings. The van der Waals surface area contributed by atoms with E-state index in [2.05, 4.69) is 15.4 Å². The Bertz CT molecular complexity index is 1000. The standard InChI is InChI=1S/C18H20FN5O3/c1-4-5-13-16(18(20)22-26)17(15-9(2)23-27-10(15)3)24(21-13)14-7-6-11(25)8-12(14)19/h6-8,25-26H,4-5H2,1-3H3,(H2,20,22). The summed E-state index contributed by atoms with van der Waals surface area (Å²) in [5, 5.41) is 30.4. The Balaban J connectivity index is 2.43. The van der Waals surface area contributed by atoms with Gasteiger partial charge in [0.05, 0.1) is 28.2 Å². The summed E-state index contributed by atoms with van der Waals surface area (Å²) in [6.45, 7) is 5.42. The van der Waals surface area contributed by atoms with E-state index in [9.17, 15) is 14.7 Å². The van der Waals surface area contributed by atoms with Crippen molar-refractivity contribution in [1.29, 1.82) is 0 Å². The summed E-state index contributed by atoms with van der Waals surface area (Å²) < 4.78 is 21.2. The number of nitrogens with two attached hydrogens (primary N) is 1. The van der Waals surface area contributed by atoms with Crippen LogP contribution in [0.25, 0.3) is 16.9 Å². The molecule has 0 bridgehead atoms. The topological polar surface area (TPSA) is 123 Å². The first-order chi connectivity index (χ1) is 12.9. The fourth-order valence-electron chi connectivity index (χ4n) is 3.09. The van der Waals surface area contributed by atoms with Crippen LogP contribution >= 0.6 is 0 Å². The van der Waals surface area contributed by atoms with E-state index in [-0.39, 0.29) is 17.3 Å². The van der Waals surface area contributed by atoms with Crippen LogP contribution in [-0.4, -0.2) is 31.1 Å². The number of nitrogens with zero attached hydrogens (tertiary/aromatic N) is 4. The molecule has 0 unspecified atom stereocenters. The van der Waals surface area contributed by atoms with Crippen molar-refractivity contribution >= 4 is 5.84 Å². The third kappa shape index (κ3) is 3.12. The van der Waals surface area contributed by atoms with Crippen molar-refractivity contribution in [2.75, 3.05) is 0 Å². The molecule has 0 aliphatic heterocycles. The predicted octanol–water partition coefficient (Wildman–Crippen LogP) is 3.04. The van der Waals surface area contributed by atoms with Gasteiger partial charge in [-0.05, 0) is 32.4 Å². The number of amidine groups is 1. The zero-order valence-electron chi connectivity index (χ0n) is 15.2. The number of hydrogen-bond acceptors (Lipinski definition) is 6. The van der Waals surface area contributed by atoms with E-state index in [0.717, 1.165) is 12.5 Å². The molecule has 4 N–H and O–H groups in total. The summed E-state index contributed by atoms with van der Waals surface area (Å²) >= 11 is 0. The molecule has 0 amide bonds. The smallest absolute Gasteiger partial charge is 0.174 e. The zero-order chi connectivity index (χ0) is 19.7. The van der Waals surface area contributed by atoms with Gasteiger partial charge in [-0.25, -0.2) is 9.07 Å². The fraction of sp³-hybridized carbons (Fsp3) is 0.278. The van der Waals surface area contributed by atoms with Crippen LogP contribution in [0.2, 0.25) is 0 Å². The van der Waals surface area contributed by atoms with Gasteiger partial charge in [-0.3, -0.25) is 0 Å². The minimum absolute atomic E-state index is 0.108. The fourth-order valence-corrected chi connectivity index (χ4v) is 3.09. The van der Waals surface area contributed by atoms with E-state index in [1.807, 2.05) is 6.92 Å². The van der Waals surface area contributed by atoms with Crippen molar-refractivity contribution in [1.82, 2.24) is 14.9 Å². The van der Waals surface area contributed by atoms with Crippen molar-refractivity contribution in [2.45, 2.75) is 33.6 Å². The maximum absolute atomic E-state index is 14.6. The Morgan fingerprint density at radius 2 is 2.11 bits per heavy atom. The minimum Gasteiger partial charge on any atom is -0.508 e. The third-order valence-corrected chi connectivity index (χ3v) is 4.24. The van der Waals surface area contributed by atoms with Crippen LogP contribution in [0, 0.1) is 19.7 Å². The second-order valence-corrected chi connectivity index (χ2v) is 6.15. The molecule has 8 nitrogen and oxygen atoms in total. The summed E-state index contributed by atoms with van der Waals surface area (Å²) in [6.07, 6.45) is 1.29. The third-order valence-electron chi connectivity index (χ3n) is 4.24. The maximum Gasteiger partial charge on any atom is 0.174 e. The number of hydrogen-bond donors (Lipinski definition) is 3. The number of benzene rings is 1. The quantitative estimate of drug-likeness (QED) is 0.273. The van der Waals surface area contributed by atoms with Crippen LogP contribution in [0.4, 0.5) is 4.39 Å². The SMILES string of the molecule is CCCc1nn(-c2ccc(O)cc2F)c(-c2c(C)noc2C)c1/C(N)=N/O. The highest BCUT2D eigenvalue weighted by atomic mass is 19.1. The van der Waals surface area contributed by atoms with Gasteiger partial charge in [-0.2, -0.15) is 5.10 Å². The summed E-state index contributed by atoms with van der Waals surface area (Å²) in [5.41, 5.74) is 8.55. The Labute approximate surface area is 154 Å². The lowest BCUT2D eigenvalue weighted by atomic mass is 10.0. The Morgan fingerprint density at radius 1 is 1.37 bits per heavy atom. The van der Waals surface area contributed by atoms with E-state index in [4.69, 9.17) is 10.3 Å². The van der Waals surface area contributed by atoms with Gasteiger partial charge in [0.25, 0.3) is 0 Å². The molecule has 3 aromatic rings. The number of rotatable bonds is 5.